The van der Waals surface area contributed by atoms with Crippen LogP contribution in [-0.2, 0) is 0 Å². The second-order valence-corrected chi connectivity index (χ2v) is 6.90. The molecule has 1 unspecified atom stereocenters. The predicted molar refractivity (Wildman–Crippen MR) is 76.7 cm³/mol. The minimum Gasteiger partial charge on any atom is -0.294 e. The third-order valence-corrected chi connectivity index (χ3v) is 4.48. The van der Waals surface area contributed by atoms with E-state index < -0.39 is 5.82 Å². The fourth-order valence-electron chi connectivity index (χ4n) is 1.43. The summed E-state index contributed by atoms with van der Waals surface area (Å²) >= 11 is 9.02. The third kappa shape index (κ3) is 3.79. The average Bonchev–Trinajstić information content (AvgIpc) is 2.21. The van der Waals surface area contributed by atoms with Gasteiger partial charge in [-0.2, -0.15) is 0 Å². The van der Waals surface area contributed by atoms with Crippen molar-refractivity contribution in [2.75, 3.05) is 0 Å². The van der Waals surface area contributed by atoms with E-state index >= 15 is 0 Å². The van der Waals surface area contributed by atoms with Crippen LogP contribution < -0.4 is 0 Å². The lowest BCUT2D eigenvalue weighted by molar-refractivity contribution is 0.0923. The second-order valence-electron chi connectivity index (χ2n) is 5.64. The number of hydrogen-bond donors (Lipinski definition) is 0. The third-order valence-electron chi connectivity index (χ3n) is 3.28. The van der Waals surface area contributed by atoms with Crippen LogP contribution in [0.3, 0.4) is 0 Å². The van der Waals surface area contributed by atoms with Gasteiger partial charge in [-0.1, -0.05) is 39.3 Å². The van der Waals surface area contributed by atoms with Crippen LogP contribution in [0.25, 0.3) is 0 Å². The Bertz CT molecular complexity index is 466. The molecule has 4 heteroatoms. The maximum Gasteiger partial charge on any atom is 0.166 e. The first-order valence-corrected chi connectivity index (χ1v) is 6.97. The van der Waals surface area contributed by atoms with Crippen LogP contribution >= 0.6 is 27.5 Å². The summed E-state index contributed by atoms with van der Waals surface area (Å²) in [7, 11) is 0. The van der Waals surface area contributed by atoms with Gasteiger partial charge < -0.3 is 0 Å². The Kier molecular flexibility index (Phi) is 4.96. The summed E-state index contributed by atoms with van der Waals surface area (Å²) in [5, 5.41) is 0.350. The van der Waals surface area contributed by atoms with E-state index in [0.29, 0.717) is 15.9 Å². The Labute approximate surface area is 121 Å². The van der Waals surface area contributed by atoms with Gasteiger partial charge in [0.05, 0.1) is 10.6 Å². The fourth-order valence-corrected chi connectivity index (χ4v) is 1.91. The molecular formula is C14H17BrClFO. The van der Waals surface area contributed by atoms with Crippen LogP contribution in [0.15, 0.2) is 16.6 Å². The number of carbonyl (C=O) groups is 1. The van der Waals surface area contributed by atoms with Gasteiger partial charge in [-0.25, -0.2) is 4.39 Å². The van der Waals surface area contributed by atoms with Crippen LogP contribution in [0.1, 0.15) is 44.5 Å². The van der Waals surface area contributed by atoms with Crippen molar-refractivity contribution >= 4 is 33.3 Å². The molecule has 100 valence electrons. The number of halogens is 3. The minimum atomic E-state index is -0.530. The Morgan fingerprint density at radius 3 is 2.50 bits per heavy atom. The molecule has 0 N–H and O–H groups in total. The minimum absolute atomic E-state index is 0.0191. The van der Waals surface area contributed by atoms with Crippen LogP contribution in [0, 0.1) is 17.2 Å². The van der Waals surface area contributed by atoms with Crippen molar-refractivity contribution in [1.82, 2.24) is 0 Å². The second kappa shape index (κ2) is 5.70. The smallest absolute Gasteiger partial charge is 0.166 e. The average molecular weight is 336 g/mol. The van der Waals surface area contributed by atoms with E-state index in [9.17, 15) is 9.18 Å². The zero-order valence-corrected chi connectivity index (χ0v) is 13.3. The monoisotopic (exact) mass is 334 g/mol. The van der Waals surface area contributed by atoms with Crippen molar-refractivity contribution in [2.45, 2.75) is 34.1 Å². The molecule has 1 aromatic rings. The molecule has 0 heterocycles. The van der Waals surface area contributed by atoms with Gasteiger partial charge in [-0.15, -0.1) is 0 Å². The molecule has 0 radical (unpaired) electrons. The number of Topliss-reactive ketones (excluding diaryl/α,β-unsaturated/α-hetero) is 1. The highest BCUT2D eigenvalue weighted by Gasteiger charge is 2.24. The number of ketones is 1. The molecule has 0 amide bonds. The van der Waals surface area contributed by atoms with Gasteiger partial charge >= 0.3 is 0 Å². The first-order chi connectivity index (χ1) is 8.12. The number of hydrogen-bond acceptors (Lipinski definition) is 1. The summed E-state index contributed by atoms with van der Waals surface area (Å²) in [6.07, 6.45) is 0.318. The quantitative estimate of drug-likeness (QED) is 0.527. The van der Waals surface area contributed by atoms with Crippen molar-refractivity contribution < 1.29 is 9.18 Å². The highest BCUT2D eigenvalue weighted by molar-refractivity contribution is 9.10. The van der Waals surface area contributed by atoms with E-state index in [-0.39, 0.29) is 22.7 Å². The number of rotatable bonds is 3. The normalized spacial score (nSPS) is 13.5. The van der Waals surface area contributed by atoms with Crippen LogP contribution in [-0.4, -0.2) is 5.78 Å². The predicted octanol–water partition coefficient (Wildman–Crippen LogP) is 5.50. The zero-order chi connectivity index (χ0) is 14.1. The van der Waals surface area contributed by atoms with Gasteiger partial charge in [-0.3, -0.25) is 4.79 Å². The highest BCUT2D eigenvalue weighted by atomic mass is 79.9. The van der Waals surface area contributed by atoms with E-state index in [1.165, 1.54) is 12.1 Å². The van der Waals surface area contributed by atoms with Crippen molar-refractivity contribution in [3.8, 4) is 0 Å². The SMILES string of the molecule is CC(CC(=O)c1cc(Cl)c(Br)cc1F)C(C)(C)C. The lowest BCUT2D eigenvalue weighted by atomic mass is 9.78. The maximum atomic E-state index is 13.7. The van der Waals surface area contributed by atoms with Gasteiger partial charge in [-0.05, 0) is 39.4 Å². The largest absolute Gasteiger partial charge is 0.294 e. The van der Waals surface area contributed by atoms with Crippen molar-refractivity contribution in [2.24, 2.45) is 11.3 Å². The van der Waals surface area contributed by atoms with Gasteiger partial charge in [0.1, 0.15) is 5.82 Å². The molecule has 0 aliphatic carbocycles. The first kappa shape index (κ1) is 15.6. The van der Waals surface area contributed by atoms with Crippen molar-refractivity contribution in [1.29, 1.82) is 0 Å². The molecule has 0 bridgehead atoms. The van der Waals surface area contributed by atoms with Crippen molar-refractivity contribution in [3.05, 3.63) is 33.0 Å². The zero-order valence-electron chi connectivity index (χ0n) is 11.0. The van der Waals surface area contributed by atoms with Crippen molar-refractivity contribution in [3.63, 3.8) is 0 Å². The summed E-state index contributed by atoms with van der Waals surface area (Å²) < 4.78 is 14.2. The number of benzene rings is 1. The summed E-state index contributed by atoms with van der Waals surface area (Å²) in [6, 6.07) is 2.62. The Balaban J connectivity index is 2.95. The molecule has 0 aliphatic heterocycles. The Morgan fingerprint density at radius 2 is 2.00 bits per heavy atom. The van der Waals surface area contributed by atoms with E-state index in [2.05, 4.69) is 36.7 Å². The molecule has 0 spiro atoms. The van der Waals surface area contributed by atoms with Crippen LogP contribution in [0.2, 0.25) is 5.02 Å². The maximum absolute atomic E-state index is 13.7. The number of carbonyl (C=O) groups excluding carboxylic acids is 1. The van der Waals surface area contributed by atoms with Gasteiger partial charge in [0.2, 0.25) is 0 Å². The van der Waals surface area contributed by atoms with Crippen LogP contribution in [0.4, 0.5) is 4.39 Å². The molecule has 1 rings (SSSR count). The topological polar surface area (TPSA) is 17.1 Å². The Morgan fingerprint density at radius 1 is 1.44 bits per heavy atom. The van der Waals surface area contributed by atoms with Gasteiger partial charge in [0.25, 0.3) is 0 Å². The van der Waals surface area contributed by atoms with E-state index in [0.717, 1.165) is 0 Å². The molecule has 0 aromatic heterocycles. The molecule has 0 saturated carbocycles. The lowest BCUT2D eigenvalue weighted by Gasteiger charge is -2.26. The van der Waals surface area contributed by atoms with E-state index in [1.807, 2.05) is 6.92 Å². The fraction of sp³-hybridized carbons (Fsp3) is 0.500. The molecular weight excluding hydrogens is 319 g/mol. The molecule has 0 saturated heterocycles. The summed E-state index contributed by atoms with van der Waals surface area (Å²) in [5.41, 5.74) is 0.0879. The van der Waals surface area contributed by atoms with E-state index in [1.54, 1.807) is 0 Å². The standard InChI is InChI=1S/C14H17BrClFO/c1-8(14(2,3)4)5-13(18)9-6-11(16)10(15)7-12(9)17/h6-8H,5H2,1-4H3. The highest BCUT2D eigenvalue weighted by Crippen LogP contribution is 2.31. The molecule has 18 heavy (non-hydrogen) atoms. The first-order valence-electron chi connectivity index (χ1n) is 5.80. The Hall–Kier alpha value is -0.410. The molecule has 0 fully saturated rings. The molecule has 1 aromatic carbocycles. The van der Waals surface area contributed by atoms with Gasteiger partial charge in [0, 0.05) is 10.9 Å². The lowest BCUT2D eigenvalue weighted by Crippen LogP contribution is -2.21. The summed E-state index contributed by atoms with van der Waals surface area (Å²) in [6.45, 7) is 8.19. The molecule has 1 atom stereocenters. The summed E-state index contributed by atoms with van der Waals surface area (Å²) in [4.78, 5) is 12.1. The summed E-state index contributed by atoms with van der Waals surface area (Å²) in [5.74, 6) is -0.562. The van der Waals surface area contributed by atoms with Crippen LogP contribution in [0.5, 0.6) is 0 Å². The molecule has 0 aliphatic rings. The molecule has 1 nitrogen and oxygen atoms in total. The van der Waals surface area contributed by atoms with E-state index in [4.69, 9.17) is 11.6 Å². The van der Waals surface area contributed by atoms with Gasteiger partial charge in [0.15, 0.2) is 5.78 Å².